The maximum Gasteiger partial charge on any atom is 0.300 e. The van der Waals surface area contributed by atoms with Crippen LogP contribution in [0.4, 0.5) is 5.69 Å². The third kappa shape index (κ3) is 4.54. The second-order valence-corrected chi connectivity index (χ2v) is 11.3. The summed E-state index contributed by atoms with van der Waals surface area (Å²) in [5.41, 5.74) is 5.07. The Labute approximate surface area is 216 Å². The average molecular weight is 561 g/mol. The van der Waals surface area contributed by atoms with Gasteiger partial charge in [0.1, 0.15) is 5.75 Å². The highest BCUT2D eigenvalue weighted by molar-refractivity contribution is 7.86. The molecule has 0 radical (unpaired) electrons. The number of ether oxygens (including phenoxy) is 1. The Morgan fingerprint density at radius 2 is 1.63 bits per heavy atom. The molecule has 0 saturated carbocycles. The predicted molar refractivity (Wildman–Crippen MR) is 134 cm³/mol. The van der Waals surface area contributed by atoms with Crippen LogP contribution in [0.1, 0.15) is 24.2 Å². The Hall–Kier alpha value is -4.11. The number of benzene rings is 3. The normalized spacial score (nSPS) is 12.2. The highest BCUT2D eigenvalue weighted by Crippen LogP contribution is 2.47. The van der Waals surface area contributed by atoms with Gasteiger partial charge in [0, 0.05) is 33.6 Å². The van der Waals surface area contributed by atoms with Gasteiger partial charge in [0.05, 0.1) is 11.0 Å². The summed E-state index contributed by atoms with van der Waals surface area (Å²) in [5, 5.41) is 7.34. The maximum absolute atomic E-state index is 12.6. The molecule has 198 valence electrons. The Morgan fingerprint density at radius 3 is 2.21 bits per heavy atom. The number of ketones is 1. The molecule has 14 heteroatoms. The molecule has 0 atom stereocenters. The van der Waals surface area contributed by atoms with Crippen LogP contribution in [0.2, 0.25) is 0 Å². The lowest BCUT2D eigenvalue weighted by atomic mass is 9.91. The van der Waals surface area contributed by atoms with Crippen LogP contribution < -0.4 is 15.8 Å². The number of nitrogens with one attached hydrogen (secondary N) is 1. The van der Waals surface area contributed by atoms with E-state index in [0.29, 0.717) is 0 Å². The highest BCUT2D eigenvalue weighted by Gasteiger charge is 2.31. The van der Waals surface area contributed by atoms with Crippen molar-refractivity contribution in [3.05, 3.63) is 53.4 Å². The molecular weight excluding hydrogens is 540 g/mol. The van der Waals surface area contributed by atoms with E-state index in [0.717, 1.165) is 12.1 Å². The first-order valence-corrected chi connectivity index (χ1v) is 13.6. The standard InChI is InChI=1S/C24H20N2O10S2/c1-11(2)20(28)12-3-4-13(18(9-12)35-10-27)19-14-5-7-16(25)23(37(29,30)31)21(14)36-22-15(19)6-8-17(26)24(22)38(32,33)34/h3-11,25H,26H2,1-2H3,(H,29,30,31)(H,32,33,34). The van der Waals surface area contributed by atoms with E-state index < -0.39 is 58.3 Å². The molecule has 12 nitrogen and oxygen atoms in total. The van der Waals surface area contributed by atoms with Crippen LogP contribution in [0.25, 0.3) is 33.4 Å². The quantitative estimate of drug-likeness (QED) is 0.0846. The van der Waals surface area contributed by atoms with E-state index in [4.69, 9.17) is 20.3 Å². The number of carbonyl (C=O) groups is 2. The summed E-state index contributed by atoms with van der Waals surface area (Å²) in [6, 6.07) is 8.96. The lowest BCUT2D eigenvalue weighted by molar-refractivity contribution is -0.120. The smallest absolute Gasteiger partial charge is 0.300 e. The van der Waals surface area contributed by atoms with Crippen LogP contribution in [-0.4, -0.2) is 38.2 Å². The monoisotopic (exact) mass is 560 g/mol. The number of carbonyl (C=O) groups excluding carboxylic acids is 2. The van der Waals surface area contributed by atoms with Gasteiger partial charge in [0.2, 0.25) is 0 Å². The van der Waals surface area contributed by atoms with E-state index >= 15 is 0 Å². The molecule has 5 N–H and O–H groups in total. The number of anilines is 1. The Bertz CT molecular complexity index is 1890. The number of Topliss-reactive ketones (excluding diaryl/α,β-unsaturated/α-hetero) is 1. The summed E-state index contributed by atoms with van der Waals surface area (Å²) in [7, 11) is -10.1. The van der Waals surface area contributed by atoms with E-state index in [1.54, 1.807) is 13.8 Å². The van der Waals surface area contributed by atoms with E-state index in [2.05, 4.69) is 0 Å². The van der Waals surface area contributed by atoms with Gasteiger partial charge in [-0.3, -0.25) is 24.1 Å². The lowest BCUT2D eigenvalue weighted by Gasteiger charge is -2.20. The first-order valence-electron chi connectivity index (χ1n) is 10.8. The molecule has 0 fully saturated rings. The predicted octanol–water partition coefficient (Wildman–Crippen LogP) is 3.13. The molecule has 0 aromatic heterocycles. The Balaban J connectivity index is 2.29. The van der Waals surface area contributed by atoms with Crippen LogP contribution in [0.15, 0.2) is 56.7 Å². The number of hydrogen-bond donors (Lipinski definition) is 4. The van der Waals surface area contributed by atoms with Crippen molar-refractivity contribution >= 4 is 49.1 Å². The third-order valence-corrected chi connectivity index (χ3v) is 7.61. The SMILES string of the molecule is CC(C)C(=O)c1ccc(-c2c3ccc(=N)c(S(=O)(=O)O)c-3oc3c(S(=O)(=O)O)c(N)ccc23)c(OC=O)c1. The van der Waals surface area contributed by atoms with Gasteiger partial charge in [0.25, 0.3) is 26.7 Å². The molecule has 0 bridgehead atoms. The minimum Gasteiger partial charge on any atom is -0.453 e. The van der Waals surface area contributed by atoms with Gasteiger partial charge in [-0.15, -0.1) is 0 Å². The van der Waals surface area contributed by atoms with Gasteiger partial charge in [0.15, 0.2) is 26.9 Å². The topological polar surface area (TPSA) is 215 Å². The van der Waals surface area contributed by atoms with Crippen LogP contribution in [0.3, 0.4) is 0 Å². The van der Waals surface area contributed by atoms with Gasteiger partial charge < -0.3 is 14.9 Å². The molecule has 0 amide bonds. The number of fused-ring (bicyclic) bond motifs is 2. The zero-order valence-corrected chi connectivity index (χ0v) is 21.4. The summed E-state index contributed by atoms with van der Waals surface area (Å²) in [5.74, 6) is -1.43. The highest BCUT2D eigenvalue weighted by atomic mass is 32.2. The first kappa shape index (κ1) is 26.9. The molecule has 1 aliphatic heterocycles. The van der Waals surface area contributed by atoms with E-state index in [-0.39, 0.29) is 45.6 Å². The molecule has 0 saturated heterocycles. The fraction of sp³-hybridized carbons (Fsp3) is 0.125. The van der Waals surface area contributed by atoms with Crippen LogP contribution in [-0.2, 0) is 25.0 Å². The Kier molecular flexibility index (Phi) is 6.61. The van der Waals surface area contributed by atoms with Crippen LogP contribution >= 0.6 is 0 Å². The minimum atomic E-state index is -5.09. The third-order valence-electron chi connectivity index (χ3n) is 5.75. The maximum atomic E-state index is 12.6. The van der Waals surface area contributed by atoms with Gasteiger partial charge in [-0.1, -0.05) is 19.9 Å². The van der Waals surface area contributed by atoms with Crippen molar-refractivity contribution in [1.82, 2.24) is 0 Å². The van der Waals surface area contributed by atoms with Crippen LogP contribution in [0.5, 0.6) is 5.75 Å². The molecule has 1 heterocycles. The molecule has 2 aromatic carbocycles. The van der Waals surface area contributed by atoms with Gasteiger partial charge >= 0.3 is 0 Å². The Morgan fingerprint density at radius 1 is 1.00 bits per heavy atom. The molecule has 2 aromatic rings. The summed E-state index contributed by atoms with van der Waals surface area (Å²) in [4.78, 5) is 22.1. The van der Waals surface area contributed by atoms with E-state index in [1.165, 1.54) is 30.3 Å². The number of rotatable bonds is 7. The lowest BCUT2D eigenvalue weighted by Crippen LogP contribution is -2.16. The second kappa shape index (κ2) is 9.33. The molecule has 4 rings (SSSR count). The molecule has 0 spiro atoms. The average Bonchev–Trinajstić information content (AvgIpc) is 2.80. The summed E-state index contributed by atoms with van der Waals surface area (Å²) >= 11 is 0. The van der Waals surface area contributed by atoms with Crippen molar-refractivity contribution < 1.29 is 44.7 Å². The summed E-state index contributed by atoms with van der Waals surface area (Å²) < 4.78 is 79.5. The molecule has 38 heavy (non-hydrogen) atoms. The van der Waals surface area contributed by atoms with Crippen molar-refractivity contribution in [2.75, 3.05) is 5.73 Å². The van der Waals surface area contributed by atoms with Gasteiger partial charge in [-0.05, 0) is 36.4 Å². The molecule has 1 aliphatic carbocycles. The van der Waals surface area contributed by atoms with Crippen molar-refractivity contribution in [3.8, 4) is 28.2 Å². The number of nitrogens with two attached hydrogens (primary N) is 1. The second-order valence-electron chi connectivity index (χ2n) is 8.55. The number of hydrogen-bond acceptors (Lipinski definition) is 10. The van der Waals surface area contributed by atoms with Crippen molar-refractivity contribution in [2.24, 2.45) is 5.92 Å². The van der Waals surface area contributed by atoms with Crippen molar-refractivity contribution in [2.45, 2.75) is 23.6 Å². The molecular formula is C24H20N2O10S2. The van der Waals surface area contributed by atoms with Crippen molar-refractivity contribution in [3.63, 3.8) is 0 Å². The summed E-state index contributed by atoms with van der Waals surface area (Å²) in [6.45, 7) is 3.45. The number of nitrogen functional groups attached to an aromatic ring is 1. The molecule has 0 unspecified atom stereocenters. The molecule has 2 aliphatic rings. The van der Waals surface area contributed by atoms with E-state index in [1.807, 2.05) is 0 Å². The minimum absolute atomic E-state index is 0.0166. The first-order chi connectivity index (χ1) is 17.7. The zero-order valence-electron chi connectivity index (χ0n) is 19.8. The fourth-order valence-corrected chi connectivity index (χ4v) is 5.64. The van der Waals surface area contributed by atoms with Gasteiger partial charge in [-0.2, -0.15) is 16.8 Å². The van der Waals surface area contributed by atoms with E-state index in [9.17, 15) is 35.5 Å². The van der Waals surface area contributed by atoms with Crippen molar-refractivity contribution in [1.29, 1.82) is 5.41 Å². The largest absolute Gasteiger partial charge is 0.453 e. The van der Waals surface area contributed by atoms with Gasteiger partial charge in [-0.25, -0.2) is 0 Å². The summed E-state index contributed by atoms with van der Waals surface area (Å²) in [6.07, 6.45) is 0. The zero-order chi connectivity index (χ0) is 28.2. The van der Waals surface area contributed by atoms with Crippen LogP contribution in [0, 0.1) is 11.3 Å². The fourth-order valence-electron chi connectivity index (χ4n) is 4.16.